The predicted octanol–water partition coefficient (Wildman–Crippen LogP) is 3.44. The van der Waals surface area contributed by atoms with Gasteiger partial charge in [-0.2, -0.15) is 4.31 Å². The third kappa shape index (κ3) is 4.11. The first-order chi connectivity index (χ1) is 13.9. The minimum Gasteiger partial charge on any atom is -0.344 e. The highest BCUT2D eigenvalue weighted by molar-refractivity contribution is 7.89. The van der Waals surface area contributed by atoms with Crippen LogP contribution in [0.15, 0.2) is 40.6 Å². The second-order valence-electron chi connectivity index (χ2n) is 8.09. The SMILES string of the molecule is Cc1csc(C2(NC(=O)C3CCCN(S(=O)(=O)c4ccccc4)C3)CCCC2)n1. The van der Waals surface area contributed by atoms with E-state index in [1.165, 1.54) is 4.31 Å². The molecule has 8 heteroatoms. The van der Waals surface area contributed by atoms with E-state index in [-0.39, 0.29) is 23.3 Å². The third-order valence-electron chi connectivity index (χ3n) is 5.98. The van der Waals surface area contributed by atoms with E-state index in [0.29, 0.717) is 19.4 Å². The molecule has 4 rings (SSSR count). The summed E-state index contributed by atoms with van der Waals surface area (Å²) in [6.45, 7) is 2.66. The van der Waals surface area contributed by atoms with E-state index in [4.69, 9.17) is 0 Å². The zero-order valence-corrected chi connectivity index (χ0v) is 18.3. The lowest BCUT2D eigenvalue weighted by molar-refractivity contribution is -0.128. The van der Waals surface area contributed by atoms with Crippen molar-refractivity contribution in [2.45, 2.75) is 55.9 Å². The van der Waals surface area contributed by atoms with Gasteiger partial charge in [-0.15, -0.1) is 11.3 Å². The van der Waals surface area contributed by atoms with E-state index < -0.39 is 15.6 Å². The van der Waals surface area contributed by atoms with Gasteiger partial charge in [-0.05, 0) is 44.7 Å². The fraction of sp³-hybridized carbons (Fsp3) is 0.524. The first-order valence-corrected chi connectivity index (χ1v) is 12.5. The molecule has 2 aliphatic rings. The zero-order chi connectivity index (χ0) is 20.5. The molecule has 0 spiro atoms. The molecule has 0 radical (unpaired) electrons. The predicted molar refractivity (Wildman–Crippen MR) is 113 cm³/mol. The molecule has 2 heterocycles. The van der Waals surface area contributed by atoms with Crippen molar-refractivity contribution in [1.82, 2.24) is 14.6 Å². The van der Waals surface area contributed by atoms with Crippen LogP contribution in [-0.2, 0) is 20.4 Å². The minimum atomic E-state index is -3.58. The van der Waals surface area contributed by atoms with Crippen LogP contribution >= 0.6 is 11.3 Å². The Balaban J connectivity index is 1.50. The second-order valence-corrected chi connectivity index (χ2v) is 10.9. The van der Waals surface area contributed by atoms with Crippen molar-refractivity contribution in [3.63, 3.8) is 0 Å². The molecule has 1 amide bonds. The maximum Gasteiger partial charge on any atom is 0.243 e. The lowest BCUT2D eigenvalue weighted by atomic mass is 9.94. The van der Waals surface area contributed by atoms with Gasteiger partial charge >= 0.3 is 0 Å². The van der Waals surface area contributed by atoms with Gasteiger partial charge in [0, 0.05) is 24.2 Å². The molecule has 1 saturated heterocycles. The highest BCUT2D eigenvalue weighted by atomic mass is 32.2. The van der Waals surface area contributed by atoms with Crippen LogP contribution in [0.25, 0.3) is 0 Å². The quantitative estimate of drug-likeness (QED) is 0.783. The fourth-order valence-corrected chi connectivity index (χ4v) is 6.96. The maximum absolute atomic E-state index is 13.2. The molecular weight excluding hydrogens is 406 g/mol. The number of carbonyl (C=O) groups is 1. The first kappa shape index (κ1) is 20.5. The van der Waals surface area contributed by atoms with Gasteiger partial charge in [0.05, 0.1) is 16.4 Å². The summed E-state index contributed by atoms with van der Waals surface area (Å²) >= 11 is 1.60. The lowest BCUT2D eigenvalue weighted by Gasteiger charge is -2.34. The van der Waals surface area contributed by atoms with Crippen LogP contribution in [0.2, 0.25) is 0 Å². The Morgan fingerprint density at radius 3 is 2.59 bits per heavy atom. The highest BCUT2D eigenvalue weighted by Crippen LogP contribution is 2.40. The van der Waals surface area contributed by atoms with Crippen molar-refractivity contribution >= 4 is 27.3 Å². The van der Waals surface area contributed by atoms with Crippen molar-refractivity contribution in [1.29, 1.82) is 0 Å². The Bertz CT molecular complexity index is 966. The van der Waals surface area contributed by atoms with E-state index in [1.807, 2.05) is 12.3 Å². The number of benzene rings is 1. The fourth-order valence-electron chi connectivity index (χ4n) is 4.40. The molecule has 156 valence electrons. The summed E-state index contributed by atoms with van der Waals surface area (Å²) in [6, 6.07) is 8.46. The van der Waals surface area contributed by atoms with E-state index in [0.717, 1.165) is 36.4 Å². The van der Waals surface area contributed by atoms with E-state index in [2.05, 4.69) is 10.3 Å². The molecule has 29 heavy (non-hydrogen) atoms. The number of thiazole rings is 1. The molecule has 0 bridgehead atoms. The highest BCUT2D eigenvalue weighted by Gasteiger charge is 2.42. The van der Waals surface area contributed by atoms with Crippen LogP contribution in [0.5, 0.6) is 0 Å². The van der Waals surface area contributed by atoms with Crippen LogP contribution in [0, 0.1) is 12.8 Å². The molecule has 1 saturated carbocycles. The van der Waals surface area contributed by atoms with Gasteiger partial charge in [0.1, 0.15) is 5.01 Å². The number of piperidine rings is 1. The van der Waals surface area contributed by atoms with Gasteiger partial charge in [0.25, 0.3) is 0 Å². The number of sulfonamides is 1. The van der Waals surface area contributed by atoms with Gasteiger partial charge in [0.2, 0.25) is 15.9 Å². The number of nitrogens with one attached hydrogen (secondary N) is 1. The summed E-state index contributed by atoms with van der Waals surface area (Å²) in [5, 5.41) is 6.29. The van der Waals surface area contributed by atoms with Crippen molar-refractivity contribution in [3.05, 3.63) is 46.4 Å². The molecule has 1 unspecified atom stereocenters. The van der Waals surface area contributed by atoms with Gasteiger partial charge in [-0.3, -0.25) is 4.79 Å². The average Bonchev–Trinajstić information content (AvgIpc) is 3.39. The number of hydrogen-bond acceptors (Lipinski definition) is 5. The largest absolute Gasteiger partial charge is 0.344 e. The van der Waals surface area contributed by atoms with Gasteiger partial charge in [-0.1, -0.05) is 31.0 Å². The van der Waals surface area contributed by atoms with Crippen LogP contribution in [0.1, 0.15) is 49.2 Å². The van der Waals surface area contributed by atoms with Gasteiger partial charge in [0.15, 0.2) is 0 Å². The zero-order valence-electron chi connectivity index (χ0n) is 16.6. The third-order valence-corrected chi connectivity index (χ3v) is 9.03. The summed E-state index contributed by atoms with van der Waals surface area (Å²) in [5.41, 5.74) is 0.583. The Hall–Kier alpha value is -1.77. The van der Waals surface area contributed by atoms with Crippen molar-refractivity contribution < 1.29 is 13.2 Å². The van der Waals surface area contributed by atoms with Crippen LogP contribution in [-0.4, -0.2) is 36.7 Å². The summed E-state index contributed by atoms with van der Waals surface area (Å²) in [7, 11) is -3.58. The molecule has 1 atom stereocenters. The normalized spacial score (nSPS) is 22.4. The van der Waals surface area contributed by atoms with Crippen LogP contribution < -0.4 is 5.32 Å². The number of hydrogen-bond donors (Lipinski definition) is 1. The Morgan fingerprint density at radius 1 is 1.21 bits per heavy atom. The molecule has 1 aliphatic carbocycles. The number of aromatic nitrogens is 1. The maximum atomic E-state index is 13.2. The van der Waals surface area contributed by atoms with Gasteiger partial charge < -0.3 is 5.32 Å². The summed E-state index contributed by atoms with van der Waals surface area (Å²) in [6.07, 6.45) is 5.32. The second kappa shape index (κ2) is 8.16. The number of rotatable bonds is 5. The number of amides is 1. The molecule has 2 fully saturated rings. The number of nitrogens with zero attached hydrogens (tertiary/aromatic N) is 2. The summed E-state index contributed by atoms with van der Waals surface area (Å²) in [4.78, 5) is 18.1. The number of carbonyl (C=O) groups excluding carboxylic acids is 1. The molecule has 1 aromatic heterocycles. The monoisotopic (exact) mass is 433 g/mol. The topological polar surface area (TPSA) is 79.4 Å². The average molecular weight is 434 g/mol. The minimum absolute atomic E-state index is 0.0484. The Labute approximate surface area is 176 Å². The standard InChI is InChI=1S/C21H27N3O3S2/c1-16-15-28-20(22-16)21(11-5-6-12-21)23-19(25)17-8-7-13-24(14-17)29(26,27)18-9-3-2-4-10-18/h2-4,9-10,15,17H,5-8,11-14H2,1H3,(H,23,25). The Morgan fingerprint density at radius 2 is 1.93 bits per heavy atom. The van der Waals surface area contributed by atoms with Crippen LogP contribution in [0.3, 0.4) is 0 Å². The summed E-state index contributed by atoms with van der Waals surface area (Å²) in [5.74, 6) is -0.381. The Kier molecular flexibility index (Phi) is 5.77. The molecular formula is C21H27N3O3S2. The van der Waals surface area contributed by atoms with Crippen molar-refractivity contribution in [2.24, 2.45) is 5.92 Å². The molecule has 1 aliphatic heterocycles. The number of aryl methyl sites for hydroxylation is 1. The van der Waals surface area contributed by atoms with E-state index in [9.17, 15) is 13.2 Å². The van der Waals surface area contributed by atoms with Crippen molar-refractivity contribution in [3.8, 4) is 0 Å². The van der Waals surface area contributed by atoms with Gasteiger partial charge in [-0.25, -0.2) is 13.4 Å². The molecule has 6 nitrogen and oxygen atoms in total. The summed E-state index contributed by atoms with van der Waals surface area (Å²) < 4.78 is 27.4. The smallest absolute Gasteiger partial charge is 0.243 e. The lowest BCUT2D eigenvalue weighted by Crippen LogP contribution is -2.50. The van der Waals surface area contributed by atoms with E-state index >= 15 is 0 Å². The van der Waals surface area contributed by atoms with E-state index in [1.54, 1.807) is 41.7 Å². The first-order valence-electron chi connectivity index (χ1n) is 10.2. The van der Waals surface area contributed by atoms with Crippen molar-refractivity contribution in [2.75, 3.05) is 13.1 Å². The molecule has 1 N–H and O–H groups in total. The molecule has 1 aromatic carbocycles. The van der Waals surface area contributed by atoms with Crippen LogP contribution in [0.4, 0.5) is 0 Å². The molecule has 2 aromatic rings.